The van der Waals surface area contributed by atoms with Crippen LogP contribution in [0, 0.1) is 11.8 Å². The summed E-state index contributed by atoms with van der Waals surface area (Å²) >= 11 is 0. The fourth-order valence-electron chi connectivity index (χ4n) is 3.29. The molecule has 0 aromatic heterocycles. The molecule has 1 heterocycles. The quantitative estimate of drug-likeness (QED) is 0.759. The maximum absolute atomic E-state index is 12.4. The third-order valence-electron chi connectivity index (χ3n) is 4.54. The Balaban J connectivity index is 2.16. The Morgan fingerprint density at radius 2 is 2.00 bits per heavy atom. The first-order valence-corrected chi connectivity index (χ1v) is 8.62. The van der Waals surface area contributed by atoms with E-state index in [9.17, 15) is 13.2 Å². The molecule has 1 N–H and O–H groups in total. The van der Waals surface area contributed by atoms with Crippen LogP contribution in [0.15, 0.2) is 0 Å². The maximum atomic E-state index is 12.4. The smallest absolute Gasteiger partial charge is 0.323 e. The van der Waals surface area contributed by atoms with Crippen molar-refractivity contribution >= 4 is 15.8 Å². The fraction of sp³-hybridized carbons (Fsp3) is 0.923. The standard InChI is InChI=1S/C13H23NO4S/c1-8(2)9-4-5-10-12(6-9)19(16,17)7-11(14-10)13(15)18-3/h8-12,14H,4-7H2,1-3H3. The molecule has 2 fully saturated rings. The Bertz CT molecular complexity index is 446. The van der Waals surface area contributed by atoms with Crippen LogP contribution in [0.1, 0.15) is 33.1 Å². The number of methoxy groups -OCH3 is 1. The third-order valence-corrected chi connectivity index (χ3v) is 6.78. The topological polar surface area (TPSA) is 72.5 Å². The summed E-state index contributed by atoms with van der Waals surface area (Å²) in [6.45, 7) is 4.29. The number of carbonyl (C=O) groups is 1. The molecule has 0 bridgehead atoms. The van der Waals surface area contributed by atoms with E-state index in [1.807, 2.05) is 0 Å². The second-order valence-electron chi connectivity index (χ2n) is 6.03. The molecule has 6 heteroatoms. The van der Waals surface area contributed by atoms with Gasteiger partial charge in [-0.05, 0) is 31.1 Å². The van der Waals surface area contributed by atoms with Gasteiger partial charge in [0.1, 0.15) is 6.04 Å². The number of hydrogen-bond donors (Lipinski definition) is 1. The van der Waals surface area contributed by atoms with Gasteiger partial charge >= 0.3 is 5.97 Å². The lowest BCUT2D eigenvalue weighted by atomic mass is 9.79. The molecule has 0 radical (unpaired) electrons. The molecule has 4 unspecified atom stereocenters. The Morgan fingerprint density at radius 3 is 2.58 bits per heavy atom. The lowest BCUT2D eigenvalue weighted by Crippen LogP contribution is -2.62. The highest BCUT2D eigenvalue weighted by atomic mass is 32.2. The molecular weight excluding hydrogens is 266 g/mol. The summed E-state index contributed by atoms with van der Waals surface area (Å²) in [6, 6.07) is -0.801. The van der Waals surface area contributed by atoms with Crippen molar-refractivity contribution in [3.05, 3.63) is 0 Å². The first-order chi connectivity index (χ1) is 8.85. The van der Waals surface area contributed by atoms with Gasteiger partial charge in [-0.1, -0.05) is 13.8 Å². The van der Waals surface area contributed by atoms with Gasteiger partial charge in [-0.25, -0.2) is 8.42 Å². The number of sulfone groups is 1. The second kappa shape index (κ2) is 5.40. The molecule has 2 rings (SSSR count). The number of fused-ring (bicyclic) bond motifs is 1. The van der Waals surface area contributed by atoms with E-state index < -0.39 is 21.8 Å². The molecule has 5 nitrogen and oxygen atoms in total. The van der Waals surface area contributed by atoms with Gasteiger partial charge in [0.2, 0.25) is 0 Å². The predicted octanol–water partition coefficient (Wildman–Crippen LogP) is 0.739. The van der Waals surface area contributed by atoms with E-state index >= 15 is 0 Å². The third kappa shape index (κ3) is 2.94. The van der Waals surface area contributed by atoms with Gasteiger partial charge < -0.3 is 4.74 Å². The Labute approximate surface area is 115 Å². The van der Waals surface area contributed by atoms with Crippen LogP contribution in [0.25, 0.3) is 0 Å². The Hall–Kier alpha value is -0.620. The van der Waals surface area contributed by atoms with Gasteiger partial charge in [-0.15, -0.1) is 0 Å². The lowest BCUT2D eigenvalue weighted by Gasteiger charge is -2.42. The normalized spacial score (nSPS) is 37.7. The average Bonchev–Trinajstić information content (AvgIpc) is 2.36. The number of carbonyl (C=O) groups excluding carboxylic acids is 1. The molecule has 2 aliphatic rings. The average molecular weight is 289 g/mol. The number of hydrogen-bond acceptors (Lipinski definition) is 5. The van der Waals surface area contributed by atoms with E-state index in [1.165, 1.54) is 7.11 Å². The van der Waals surface area contributed by atoms with Crippen molar-refractivity contribution in [2.45, 2.75) is 50.4 Å². The molecule has 110 valence electrons. The van der Waals surface area contributed by atoms with E-state index in [1.54, 1.807) is 0 Å². The van der Waals surface area contributed by atoms with Crippen LogP contribution in [0.5, 0.6) is 0 Å². The van der Waals surface area contributed by atoms with Gasteiger partial charge in [0.05, 0.1) is 18.1 Å². The summed E-state index contributed by atoms with van der Waals surface area (Å²) < 4.78 is 29.4. The SMILES string of the molecule is COC(=O)C1CS(=O)(=O)C2CC(C(C)C)CCC2N1. The van der Waals surface area contributed by atoms with Gasteiger partial charge in [-0.2, -0.15) is 0 Å². The van der Waals surface area contributed by atoms with E-state index in [0.29, 0.717) is 18.3 Å². The van der Waals surface area contributed by atoms with Crippen molar-refractivity contribution in [2.24, 2.45) is 11.8 Å². The summed E-state index contributed by atoms with van der Waals surface area (Å²) in [5.74, 6) is 0.362. The highest BCUT2D eigenvalue weighted by molar-refractivity contribution is 7.92. The summed E-state index contributed by atoms with van der Waals surface area (Å²) in [4.78, 5) is 11.6. The first kappa shape index (κ1) is 14.8. The summed E-state index contributed by atoms with van der Waals surface area (Å²) in [6.07, 6.45) is 2.56. The van der Waals surface area contributed by atoms with Gasteiger partial charge in [0.25, 0.3) is 0 Å². The number of ether oxygens (including phenoxy) is 1. The van der Waals surface area contributed by atoms with Crippen LogP contribution >= 0.6 is 0 Å². The molecule has 1 aliphatic heterocycles. The van der Waals surface area contributed by atoms with Crippen LogP contribution in [-0.4, -0.2) is 44.6 Å². The van der Waals surface area contributed by atoms with Gasteiger partial charge in [0, 0.05) is 6.04 Å². The molecule has 0 spiro atoms. The molecule has 4 atom stereocenters. The zero-order chi connectivity index (χ0) is 14.2. The highest BCUT2D eigenvalue weighted by Crippen LogP contribution is 2.36. The van der Waals surface area contributed by atoms with Crippen molar-refractivity contribution in [2.75, 3.05) is 12.9 Å². The summed E-state index contributed by atoms with van der Waals surface area (Å²) in [7, 11) is -1.93. The minimum atomic E-state index is -3.22. The van der Waals surface area contributed by atoms with Crippen LogP contribution < -0.4 is 5.32 Å². The molecule has 1 saturated heterocycles. The summed E-state index contributed by atoms with van der Waals surface area (Å²) in [5, 5.41) is 2.83. The molecule has 1 aliphatic carbocycles. The van der Waals surface area contributed by atoms with Crippen LogP contribution in [0.4, 0.5) is 0 Å². The predicted molar refractivity (Wildman–Crippen MR) is 72.5 cm³/mol. The van der Waals surface area contributed by atoms with E-state index in [0.717, 1.165) is 12.8 Å². The largest absolute Gasteiger partial charge is 0.468 e. The van der Waals surface area contributed by atoms with Crippen molar-refractivity contribution < 1.29 is 17.9 Å². The first-order valence-electron chi connectivity index (χ1n) is 6.90. The van der Waals surface area contributed by atoms with Crippen molar-refractivity contribution in [3.63, 3.8) is 0 Å². The monoisotopic (exact) mass is 289 g/mol. The van der Waals surface area contributed by atoms with Crippen molar-refractivity contribution in [1.82, 2.24) is 5.32 Å². The molecule has 0 aromatic rings. The lowest BCUT2D eigenvalue weighted by molar-refractivity contribution is -0.143. The number of esters is 1. The highest BCUT2D eigenvalue weighted by Gasteiger charge is 2.46. The van der Waals surface area contributed by atoms with Crippen LogP contribution in [-0.2, 0) is 19.4 Å². The summed E-state index contributed by atoms with van der Waals surface area (Å²) in [5.41, 5.74) is 0. The van der Waals surface area contributed by atoms with Crippen LogP contribution in [0.3, 0.4) is 0 Å². The van der Waals surface area contributed by atoms with E-state index in [-0.39, 0.29) is 17.0 Å². The number of nitrogens with one attached hydrogen (secondary N) is 1. The van der Waals surface area contributed by atoms with Gasteiger partial charge in [-0.3, -0.25) is 10.1 Å². The van der Waals surface area contributed by atoms with Crippen molar-refractivity contribution in [1.29, 1.82) is 0 Å². The maximum Gasteiger partial charge on any atom is 0.323 e. The van der Waals surface area contributed by atoms with E-state index in [4.69, 9.17) is 0 Å². The van der Waals surface area contributed by atoms with Gasteiger partial charge in [0.15, 0.2) is 9.84 Å². The Kier molecular flexibility index (Phi) is 4.20. The minimum Gasteiger partial charge on any atom is -0.468 e. The second-order valence-corrected chi connectivity index (χ2v) is 8.30. The van der Waals surface area contributed by atoms with E-state index in [2.05, 4.69) is 23.9 Å². The molecule has 1 saturated carbocycles. The fourth-order valence-corrected chi connectivity index (χ4v) is 5.49. The zero-order valence-electron chi connectivity index (χ0n) is 11.8. The number of rotatable bonds is 2. The zero-order valence-corrected chi connectivity index (χ0v) is 12.6. The van der Waals surface area contributed by atoms with Crippen molar-refractivity contribution in [3.8, 4) is 0 Å². The molecular formula is C13H23NO4S. The molecule has 19 heavy (non-hydrogen) atoms. The minimum absolute atomic E-state index is 0.0992. The Morgan fingerprint density at radius 1 is 1.32 bits per heavy atom. The van der Waals surface area contributed by atoms with Crippen LogP contribution in [0.2, 0.25) is 0 Å². The molecule has 0 amide bonds. The molecule has 0 aromatic carbocycles.